The van der Waals surface area contributed by atoms with Crippen LogP contribution in [0.1, 0.15) is 5.56 Å². The number of halogens is 2. The van der Waals surface area contributed by atoms with Gasteiger partial charge in [-0.3, -0.25) is 0 Å². The summed E-state index contributed by atoms with van der Waals surface area (Å²) in [6, 6.07) is 11.3. The Balaban J connectivity index is 2.54. The van der Waals surface area contributed by atoms with Crippen LogP contribution >= 0.6 is 0 Å². The molecule has 0 atom stereocenters. The summed E-state index contributed by atoms with van der Waals surface area (Å²) in [5, 5.41) is 0. The normalized spacial score (nSPS) is 10.4. The lowest BCUT2D eigenvalue weighted by molar-refractivity contribution is 0.509. The van der Waals surface area contributed by atoms with E-state index in [4.69, 9.17) is 5.73 Å². The first-order chi connectivity index (χ1) is 7.72. The van der Waals surface area contributed by atoms with Crippen molar-refractivity contribution in [1.29, 1.82) is 0 Å². The summed E-state index contributed by atoms with van der Waals surface area (Å²) in [6.45, 7) is 0.370. The smallest absolute Gasteiger partial charge is 0.159 e. The monoisotopic (exact) mass is 219 g/mol. The Hall–Kier alpha value is -1.74. The molecule has 2 aromatic rings. The molecule has 2 aromatic carbocycles. The fraction of sp³-hybridized carbons (Fsp3) is 0.0769. The minimum atomic E-state index is -0.843. The van der Waals surface area contributed by atoms with Gasteiger partial charge in [0.1, 0.15) is 0 Å². The van der Waals surface area contributed by atoms with Crippen molar-refractivity contribution in [2.24, 2.45) is 5.73 Å². The lowest BCUT2D eigenvalue weighted by Crippen LogP contribution is -1.98. The van der Waals surface area contributed by atoms with E-state index in [1.807, 2.05) is 24.3 Å². The molecule has 0 saturated carbocycles. The van der Waals surface area contributed by atoms with E-state index >= 15 is 0 Å². The van der Waals surface area contributed by atoms with Gasteiger partial charge in [0.15, 0.2) is 11.6 Å². The third kappa shape index (κ3) is 1.95. The highest BCUT2D eigenvalue weighted by molar-refractivity contribution is 5.67. The molecule has 0 amide bonds. The molecule has 0 unspecified atom stereocenters. The summed E-state index contributed by atoms with van der Waals surface area (Å²) in [4.78, 5) is 0. The maximum atomic E-state index is 13.1. The maximum Gasteiger partial charge on any atom is 0.159 e. The van der Waals surface area contributed by atoms with E-state index in [0.29, 0.717) is 12.1 Å². The van der Waals surface area contributed by atoms with Crippen LogP contribution in [0.4, 0.5) is 8.78 Å². The quantitative estimate of drug-likeness (QED) is 0.825. The molecular weight excluding hydrogens is 208 g/mol. The van der Waals surface area contributed by atoms with E-state index in [1.165, 1.54) is 6.07 Å². The second-order valence-electron chi connectivity index (χ2n) is 3.49. The van der Waals surface area contributed by atoms with E-state index in [2.05, 4.69) is 0 Å². The van der Waals surface area contributed by atoms with Crippen LogP contribution < -0.4 is 5.73 Å². The molecule has 82 valence electrons. The topological polar surface area (TPSA) is 26.0 Å². The van der Waals surface area contributed by atoms with Gasteiger partial charge in [0.05, 0.1) is 0 Å². The van der Waals surface area contributed by atoms with Gasteiger partial charge in [0.2, 0.25) is 0 Å². The van der Waals surface area contributed by atoms with Crippen molar-refractivity contribution in [2.45, 2.75) is 6.54 Å². The SMILES string of the molecule is NCc1ccccc1-c1ccc(F)c(F)c1. The summed E-state index contributed by atoms with van der Waals surface area (Å²) in [6.07, 6.45) is 0. The van der Waals surface area contributed by atoms with Crippen molar-refractivity contribution >= 4 is 0 Å². The van der Waals surface area contributed by atoms with Crippen LogP contribution in [0.5, 0.6) is 0 Å². The van der Waals surface area contributed by atoms with Gasteiger partial charge in [-0.15, -0.1) is 0 Å². The third-order valence-electron chi connectivity index (χ3n) is 2.47. The lowest BCUT2D eigenvalue weighted by Gasteiger charge is -2.07. The average Bonchev–Trinajstić information content (AvgIpc) is 2.32. The van der Waals surface area contributed by atoms with E-state index in [-0.39, 0.29) is 0 Å². The fourth-order valence-electron chi connectivity index (χ4n) is 1.64. The highest BCUT2D eigenvalue weighted by atomic mass is 19.2. The molecule has 1 nitrogen and oxygen atoms in total. The Morgan fingerprint density at radius 3 is 2.38 bits per heavy atom. The number of rotatable bonds is 2. The van der Waals surface area contributed by atoms with Gasteiger partial charge in [-0.2, -0.15) is 0 Å². The molecule has 0 aromatic heterocycles. The van der Waals surface area contributed by atoms with Gasteiger partial charge in [-0.25, -0.2) is 8.78 Å². The van der Waals surface area contributed by atoms with Crippen LogP contribution in [0, 0.1) is 11.6 Å². The first-order valence-electron chi connectivity index (χ1n) is 4.96. The molecule has 0 aliphatic heterocycles. The van der Waals surface area contributed by atoms with Crippen LogP contribution in [0.15, 0.2) is 42.5 Å². The lowest BCUT2D eigenvalue weighted by atomic mass is 10.00. The molecule has 0 bridgehead atoms. The fourth-order valence-corrected chi connectivity index (χ4v) is 1.64. The van der Waals surface area contributed by atoms with Gasteiger partial charge in [0, 0.05) is 6.54 Å². The van der Waals surface area contributed by atoms with Crippen LogP contribution in [0.2, 0.25) is 0 Å². The minimum Gasteiger partial charge on any atom is -0.326 e. The van der Waals surface area contributed by atoms with Crippen molar-refractivity contribution < 1.29 is 8.78 Å². The Kier molecular flexibility index (Phi) is 2.97. The number of hydrogen-bond acceptors (Lipinski definition) is 1. The molecule has 2 rings (SSSR count). The van der Waals surface area contributed by atoms with Crippen molar-refractivity contribution in [3.05, 3.63) is 59.7 Å². The van der Waals surface area contributed by atoms with Crippen LogP contribution in [-0.4, -0.2) is 0 Å². The summed E-state index contributed by atoms with van der Waals surface area (Å²) in [7, 11) is 0. The summed E-state index contributed by atoms with van der Waals surface area (Å²) in [5.74, 6) is -1.68. The van der Waals surface area contributed by atoms with E-state index in [1.54, 1.807) is 6.07 Å². The van der Waals surface area contributed by atoms with Gasteiger partial charge in [-0.05, 0) is 28.8 Å². The van der Waals surface area contributed by atoms with Gasteiger partial charge < -0.3 is 5.73 Å². The predicted octanol–water partition coefficient (Wildman–Crippen LogP) is 3.09. The standard InChI is InChI=1S/C13H11F2N/c14-12-6-5-9(7-13(12)15)11-4-2-1-3-10(11)8-16/h1-7H,8,16H2. The maximum absolute atomic E-state index is 13.1. The summed E-state index contributed by atoms with van der Waals surface area (Å²) >= 11 is 0. The van der Waals surface area contributed by atoms with Gasteiger partial charge in [0.25, 0.3) is 0 Å². The molecule has 0 saturated heterocycles. The summed E-state index contributed by atoms with van der Waals surface area (Å²) in [5.41, 5.74) is 7.97. The molecule has 2 N–H and O–H groups in total. The largest absolute Gasteiger partial charge is 0.326 e. The van der Waals surface area contributed by atoms with E-state index in [9.17, 15) is 8.78 Å². The average molecular weight is 219 g/mol. The molecule has 0 aliphatic rings. The Labute approximate surface area is 92.5 Å². The van der Waals surface area contributed by atoms with Gasteiger partial charge in [-0.1, -0.05) is 30.3 Å². The van der Waals surface area contributed by atoms with Crippen LogP contribution in [0.3, 0.4) is 0 Å². The first-order valence-corrected chi connectivity index (χ1v) is 4.96. The highest BCUT2D eigenvalue weighted by Crippen LogP contribution is 2.24. The molecule has 0 spiro atoms. The second-order valence-corrected chi connectivity index (χ2v) is 3.49. The zero-order valence-electron chi connectivity index (χ0n) is 8.58. The number of nitrogens with two attached hydrogens (primary N) is 1. The molecule has 16 heavy (non-hydrogen) atoms. The Bertz CT molecular complexity index is 509. The third-order valence-corrected chi connectivity index (χ3v) is 2.47. The zero-order valence-corrected chi connectivity index (χ0v) is 8.58. The van der Waals surface area contributed by atoms with Crippen LogP contribution in [0.25, 0.3) is 11.1 Å². The minimum absolute atomic E-state index is 0.370. The molecule has 0 fully saturated rings. The molecular formula is C13H11F2N. The van der Waals surface area contributed by atoms with Crippen molar-refractivity contribution in [3.63, 3.8) is 0 Å². The van der Waals surface area contributed by atoms with Crippen molar-refractivity contribution in [2.75, 3.05) is 0 Å². The zero-order chi connectivity index (χ0) is 11.5. The molecule has 0 radical (unpaired) electrons. The molecule has 0 aliphatic carbocycles. The Morgan fingerprint density at radius 1 is 0.938 bits per heavy atom. The Morgan fingerprint density at radius 2 is 1.69 bits per heavy atom. The summed E-state index contributed by atoms with van der Waals surface area (Å²) < 4.78 is 25.9. The second kappa shape index (κ2) is 4.41. The van der Waals surface area contributed by atoms with E-state index < -0.39 is 11.6 Å². The van der Waals surface area contributed by atoms with Crippen molar-refractivity contribution in [3.8, 4) is 11.1 Å². The molecule has 0 heterocycles. The number of hydrogen-bond donors (Lipinski definition) is 1. The molecule has 3 heteroatoms. The van der Waals surface area contributed by atoms with E-state index in [0.717, 1.165) is 17.2 Å². The number of benzene rings is 2. The van der Waals surface area contributed by atoms with Crippen LogP contribution in [-0.2, 0) is 6.54 Å². The highest BCUT2D eigenvalue weighted by Gasteiger charge is 2.06. The predicted molar refractivity (Wildman–Crippen MR) is 59.7 cm³/mol. The first kappa shape index (κ1) is 10.8. The van der Waals surface area contributed by atoms with Crippen molar-refractivity contribution in [1.82, 2.24) is 0 Å². The van der Waals surface area contributed by atoms with Gasteiger partial charge >= 0.3 is 0 Å².